The first kappa shape index (κ1) is 30.7. The zero-order valence-corrected chi connectivity index (χ0v) is 28.8. The van der Waals surface area contributed by atoms with Crippen LogP contribution >= 0.6 is 0 Å². The molecular weight excluding hydrogens is 762 g/mol. The van der Waals surface area contributed by atoms with Gasteiger partial charge in [0, 0.05) is 49.9 Å². The fourth-order valence-electron chi connectivity index (χ4n) is 6.14. The van der Waals surface area contributed by atoms with E-state index in [0.29, 0.717) is 11.6 Å². The number of pyridine rings is 2. The molecule has 47 heavy (non-hydrogen) atoms. The minimum Gasteiger partial charge on any atom is -0.504 e. The van der Waals surface area contributed by atoms with Crippen molar-refractivity contribution in [3.05, 3.63) is 140 Å². The van der Waals surface area contributed by atoms with E-state index in [-0.39, 0.29) is 26.5 Å². The van der Waals surface area contributed by atoms with Crippen LogP contribution in [0.3, 0.4) is 0 Å². The normalized spacial score (nSPS) is 12.8. The van der Waals surface area contributed by atoms with Crippen LogP contribution in [0.4, 0.5) is 17.1 Å². The molecular formula is C40H32N5OPt-3. The van der Waals surface area contributed by atoms with Crippen LogP contribution in [0.2, 0.25) is 0 Å². The van der Waals surface area contributed by atoms with E-state index in [1.54, 1.807) is 6.20 Å². The molecule has 1 aliphatic heterocycles. The molecule has 0 saturated heterocycles. The van der Waals surface area contributed by atoms with Gasteiger partial charge in [-0.05, 0) is 71.1 Å². The largest absolute Gasteiger partial charge is 0.504 e. The van der Waals surface area contributed by atoms with Gasteiger partial charge in [-0.1, -0.05) is 80.9 Å². The molecule has 8 rings (SSSR count). The number of hydrogen-bond acceptors (Lipinski definition) is 5. The zero-order valence-electron chi connectivity index (χ0n) is 26.5. The molecule has 0 radical (unpaired) electrons. The summed E-state index contributed by atoms with van der Waals surface area (Å²) < 4.78 is 8.50. The Morgan fingerprint density at radius 1 is 0.723 bits per heavy atom. The summed E-state index contributed by atoms with van der Waals surface area (Å²) in [7, 11) is 2.06. The summed E-state index contributed by atoms with van der Waals surface area (Å²) in [5, 5.41) is 2.22. The molecule has 0 amide bonds. The first-order valence-electron chi connectivity index (χ1n) is 15.4. The van der Waals surface area contributed by atoms with Crippen LogP contribution in [-0.2, 0) is 26.5 Å². The third kappa shape index (κ3) is 5.57. The molecule has 6 nitrogen and oxygen atoms in total. The van der Waals surface area contributed by atoms with E-state index >= 15 is 0 Å². The molecule has 4 heterocycles. The molecule has 0 bridgehead atoms. The van der Waals surface area contributed by atoms with Crippen LogP contribution in [-0.4, -0.2) is 21.6 Å². The van der Waals surface area contributed by atoms with E-state index < -0.39 is 0 Å². The second-order valence-corrected chi connectivity index (χ2v) is 12.6. The number of hydrogen-bond donors (Lipinski definition) is 0. The molecule has 0 N–H and O–H groups in total. The maximum atomic E-state index is 6.33. The van der Waals surface area contributed by atoms with Gasteiger partial charge in [-0.15, -0.1) is 17.5 Å². The fraction of sp³-hybridized carbons (Fsp3) is 0.125. The van der Waals surface area contributed by atoms with Crippen LogP contribution in [0.5, 0.6) is 11.6 Å². The van der Waals surface area contributed by atoms with E-state index in [0.717, 1.165) is 44.7 Å². The Morgan fingerprint density at radius 2 is 1.51 bits per heavy atom. The molecule has 0 aliphatic carbocycles. The van der Waals surface area contributed by atoms with Gasteiger partial charge in [-0.3, -0.25) is 4.98 Å². The number of para-hydroxylation sites is 1. The van der Waals surface area contributed by atoms with Crippen molar-refractivity contribution in [3.63, 3.8) is 0 Å². The molecule has 1 aliphatic rings. The first-order valence-corrected chi connectivity index (χ1v) is 15.4. The second kappa shape index (κ2) is 12.0. The predicted octanol–water partition coefficient (Wildman–Crippen LogP) is 9.64. The molecule has 7 aromatic rings. The van der Waals surface area contributed by atoms with Gasteiger partial charge in [0.05, 0.1) is 0 Å². The monoisotopic (exact) mass is 793 g/mol. The summed E-state index contributed by atoms with van der Waals surface area (Å²) in [4.78, 5) is 13.5. The standard InChI is InChI=1S/C40H32N5O.Pt/c1-40(2,3)29-18-20-41-38(23-29)45-34-13-9-8-12-32(34)33-16-15-31(25-36(33)45)46-39-24-30(19-21-42-39)44-26-43(4)37-22-28(14-17-35(37)44)27-10-6-5-7-11-27;/h5-23,26H,1-4H3;/q-3;. The first-order chi connectivity index (χ1) is 22.3. The van der Waals surface area contributed by atoms with Crippen LogP contribution in [0.15, 0.2) is 116 Å². The Kier molecular flexibility index (Phi) is 7.85. The van der Waals surface area contributed by atoms with Crippen LogP contribution in [0.25, 0.3) is 38.8 Å². The predicted molar refractivity (Wildman–Crippen MR) is 186 cm³/mol. The number of anilines is 3. The van der Waals surface area contributed by atoms with Gasteiger partial charge in [0.15, 0.2) is 0 Å². The van der Waals surface area contributed by atoms with Gasteiger partial charge < -0.3 is 19.1 Å². The van der Waals surface area contributed by atoms with E-state index in [4.69, 9.17) is 9.72 Å². The van der Waals surface area contributed by atoms with E-state index in [1.165, 1.54) is 16.7 Å². The Balaban J connectivity index is 0.00000351. The smallest absolute Gasteiger partial charge is 0.135 e. The summed E-state index contributed by atoms with van der Waals surface area (Å²) in [6.45, 7) is 8.70. The van der Waals surface area contributed by atoms with Crippen molar-refractivity contribution in [3.8, 4) is 28.6 Å². The molecule has 3 aromatic heterocycles. The number of nitrogens with zero attached hydrogens (tertiary/aromatic N) is 5. The number of aromatic nitrogens is 3. The van der Waals surface area contributed by atoms with Gasteiger partial charge in [-0.25, -0.2) is 4.98 Å². The molecule has 7 heteroatoms. The number of benzene rings is 4. The Bertz CT molecular complexity index is 2240. The topological polar surface area (TPSA) is 46.4 Å². The van der Waals surface area contributed by atoms with Crippen LogP contribution in [0, 0.1) is 18.8 Å². The van der Waals surface area contributed by atoms with Gasteiger partial charge in [0.2, 0.25) is 0 Å². The van der Waals surface area contributed by atoms with Crippen molar-refractivity contribution >= 4 is 38.9 Å². The Labute approximate surface area is 289 Å². The molecule has 0 fully saturated rings. The molecule has 0 saturated carbocycles. The van der Waals surface area contributed by atoms with Gasteiger partial charge in [-0.2, -0.15) is 30.6 Å². The SMILES string of the molecule is CN1[CH-]N(c2[c-]c(Oc3[c-]c4c(cc3)c3ccccc3n4-c3cc(C(C)(C)C)ccn3)ncc2)c2ccc(-c3ccccc3)cc21.[Pt]. The quantitative estimate of drug-likeness (QED) is 0.163. The minimum absolute atomic E-state index is 0. The maximum absolute atomic E-state index is 6.33. The van der Waals surface area contributed by atoms with Crippen molar-refractivity contribution in [2.75, 3.05) is 16.8 Å². The summed E-state index contributed by atoms with van der Waals surface area (Å²) in [6.07, 6.45) is 3.64. The van der Waals surface area contributed by atoms with E-state index in [2.05, 4.69) is 151 Å². The average Bonchev–Trinajstić information content (AvgIpc) is 3.59. The summed E-state index contributed by atoms with van der Waals surface area (Å²) >= 11 is 0. The van der Waals surface area contributed by atoms with E-state index in [9.17, 15) is 0 Å². The third-order valence-electron chi connectivity index (χ3n) is 8.53. The summed E-state index contributed by atoms with van der Waals surface area (Å²) in [6, 6.07) is 42.5. The Hall–Kier alpha value is -4.93. The fourth-order valence-corrected chi connectivity index (χ4v) is 6.14. The van der Waals surface area contributed by atoms with Gasteiger partial charge in [0.1, 0.15) is 11.7 Å². The second-order valence-electron chi connectivity index (χ2n) is 12.6. The number of ether oxygens (including phenoxy) is 1. The minimum atomic E-state index is -0.00672. The van der Waals surface area contributed by atoms with Crippen molar-refractivity contribution in [1.29, 1.82) is 0 Å². The number of fused-ring (bicyclic) bond motifs is 4. The summed E-state index contributed by atoms with van der Waals surface area (Å²) in [5.41, 5.74) is 8.55. The number of rotatable bonds is 5. The van der Waals surface area contributed by atoms with Crippen molar-refractivity contribution < 1.29 is 25.8 Å². The zero-order chi connectivity index (χ0) is 31.4. The third-order valence-corrected chi connectivity index (χ3v) is 8.53. The van der Waals surface area contributed by atoms with Crippen LogP contribution in [0.1, 0.15) is 26.3 Å². The van der Waals surface area contributed by atoms with Gasteiger partial charge in [0.25, 0.3) is 0 Å². The van der Waals surface area contributed by atoms with Gasteiger partial charge >= 0.3 is 0 Å². The van der Waals surface area contributed by atoms with E-state index in [1.807, 2.05) is 24.4 Å². The molecule has 236 valence electrons. The van der Waals surface area contributed by atoms with Crippen LogP contribution < -0.4 is 14.5 Å². The maximum Gasteiger partial charge on any atom is 0.135 e. The molecule has 4 aromatic carbocycles. The van der Waals surface area contributed by atoms with Crippen molar-refractivity contribution in [2.45, 2.75) is 26.2 Å². The molecule has 0 unspecified atom stereocenters. The Morgan fingerprint density at radius 3 is 2.34 bits per heavy atom. The molecule has 0 spiro atoms. The van der Waals surface area contributed by atoms with Crippen molar-refractivity contribution in [1.82, 2.24) is 14.5 Å². The van der Waals surface area contributed by atoms with Crippen molar-refractivity contribution in [2.24, 2.45) is 0 Å². The average molecular weight is 794 g/mol. The molecule has 0 atom stereocenters. The summed E-state index contributed by atoms with van der Waals surface area (Å²) in [5.74, 6) is 1.77.